The molecule has 2 aromatic heterocycles. The van der Waals surface area contributed by atoms with Crippen LogP contribution in [0.2, 0.25) is 0 Å². The Labute approximate surface area is 116 Å². The Morgan fingerprint density at radius 1 is 1.37 bits per heavy atom. The number of nitrogen functional groups attached to an aromatic ring is 1. The first kappa shape index (κ1) is 12.5. The lowest BCUT2D eigenvalue weighted by Crippen LogP contribution is -2.28. The number of anilines is 2. The monoisotopic (exact) mass is 278 g/mol. The summed E-state index contributed by atoms with van der Waals surface area (Å²) in [4.78, 5) is 18.1. The summed E-state index contributed by atoms with van der Waals surface area (Å²) in [6.07, 6.45) is 2.76. The van der Waals surface area contributed by atoms with Gasteiger partial charge in [-0.1, -0.05) is 13.8 Å². The average Bonchev–Trinajstić information content (AvgIpc) is 2.72. The van der Waals surface area contributed by atoms with Crippen LogP contribution in [-0.2, 0) is 0 Å². The highest BCUT2D eigenvalue weighted by Gasteiger charge is 2.25. The van der Waals surface area contributed by atoms with Crippen LogP contribution in [-0.4, -0.2) is 43.5 Å². The number of hydrogen-bond acceptors (Lipinski definition) is 6. The minimum Gasteiger partial charge on any atom is -0.368 e. The van der Waals surface area contributed by atoms with Crippen LogP contribution in [0.15, 0.2) is 6.33 Å². The number of thioether (sulfide) groups is 1. The standard InChI is InChI=1S/C12H18N6S/c1-12(2)3-4-18(5-6-19-12)10-8-9(15-7-14-8)16-11(13)17-10/h7H,3-6H2,1-2H3,(H3,13,14,15,16,17). The third kappa shape index (κ3) is 2.47. The third-order valence-corrected chi connectivity index (χ3v) is 4.79. The van der Waals surface area contributed by atoms with Gasteiger partial charge in [-0.25, -0.2) is 4.98 Å². The molecule has 19 heavy (non-hydrogen) atoms. The number of fused-ring (bicyclic) bond motifs is 1. The molecule has 0 unspecified atom stereocenters. The van der Waals surface area contributed by atoms with Crippen LogP contribution in [0, 0.1) is 0 Å². The summed E-state index contributed by atoms with van der Waals surface area (Å²) in [5.41, 5.74) is 7.29. The molecule has 0 radical (unpaired) electrons. The fraction of sp³-hybridized carbons (Fsp3) is 0.583. The topological polar surface area (TPSA) is 83.7 Å². The lowest BCUT2D eigenvalue weighted by Gasteiger charge is -2.23. The van der Waals surface area contributed by atoms with E-state index in [0.29, 0.717) is 10.4 Å². The van der Waals surface area contributed by atoms with E-state index in [0.717, 1.165) is 36.6 Å². The molecular weight excluding hydrogens is 260 g/mol. The number of aromatic amines is 1. The third-order valence-electron chi connectivity index (χ3n) is 3.42. The van der Waals surface area contributed by atoms with Crippen molar-refractivity contribution in [2.45, 2.75) is 25.0 Å². The number of nitrogens with zero attached hydrogens (tertiary/aromatic N) is 4. The van der Waals surface area contributed by atoms with Gasteiger partial charge in [-0.15, -0.1) is 0 Å². The molecule has 7 heteroatoms. The second-order valence-corrected chi connectivity index (χ2v) is 7.15. The first-order valence-electron chi connectivity index (χ1n) is 6.41. The van der Waals surface area contributed by atoms with Gasteiger partial charge in [0.1, 0.15) is 5.52 Å². The molecule has 6 nitrogen and oxygen atoms in total. The molecule has 0 aliphatic carbocycles. The van der Waals surface area contributed by atoms with Gasteiger partial charge in [0.2, 0.25) is 5.95 Å². The minimum absolute atomic E-state index is 0.283. The SMILES string of the molecule is CC1(C)CCN(c2nc(N)nc3nc[nH]c23)CCS1. The Bertz CT molecular complexity index is 593. The van der Waals surface area contributed by atoms with Crippen LogP contribution >= 0.6 is 11.8 Å². The van der Waals surface area contributed by atoms with Crippen molar-refractivity contribution < 1.29 is 0 Å². The maximum Gasteiger partial charge on any atom is 0.224 e. The van der Waals surface area contributed by atoms with Crippen molar-refractivity contribution in [1.82, 2.24) is 19.9 Å². The smallest absolute Gasteiger partial charge is 0.224 e. The molecule has 1 aliphatic rings. The van der Waals surface area contributed by atoms with Crippen molar-refractivity contribution in [2.75, 3.05) is 29.5 Å². The predicted molar refractivity (Wildman–Crippen MR) is 79.5 cm³/mol. The molecule has 0 atom stereocenters. The summed E-state index contributed by atoms with van der Waals surface area (Å²) in [5.74, 6) is 2.25. The molecule has 0 saturated carbocycles. The van der Waals surface area contributed by atoms with Gasteiger partial charge in [-0.05, 0) is 6.42 Å². The lowest BCUT2D eigenvalue weighted by atomic mass is 10.1. The van der Waals surface area contributed by atoms with Crippen molar-refractivity contribution in [3.8, 4) is 0 Å². The Hall–Kier alpha value is -1.50. The van der Waals surface area contributed by atoms with E-state index in [9.17, 15) is 0 Å². The summed E-state index contributed by atoms with van der Waals surface area (Å²) in [6, 6.07) is 0. The van der Waals surface area contributed by atoms with E-state index in [1.54, 1.807) is 6.33 Å². The van der Waals surface area contributed by atoms with Crippen LogP contribution in [0.5, 0.6) is 0 Å². The second kappa shape index (κ2) is 4.56. The molecule has 0 amide bonds. The fourth-order valence-electron chi connectivity index (χ4n) is 2.30. The number of nitrogens with one attached hydrogen (secondary N) is 1. The Kier molecular flexibility index (Phi) is 3.00. The molecule has 2 aromatic rings. The lowest BCUT2D eigenvalue weighted by molar-refractivity contribution is 0.636. The van der Waals surface area contributed by atoms with Crippen LogP contribution < -0.4 is 10.6 Å². The predicted octanol–water partition coefficient (Wildman–Crippen LogP) is 1.66. The summed E-state index contributed by atoms with van der Waals surface area (Å²) < 4.78 is 0.320. The van der Waals surface area contributed by atoms with Gasteiger partial charge < -0.3 is 15.6 Å². The maximum atomic E-state index is 5.77. The van der Waals surface area contributed by atoms with Crippen LogP contribution in [0.25, 0.3) is 11.2 Å². The molecule has 0 aromatic carbocycles. The van der Waals surface area contributed by atoms with Gasteiger partial charge in [0.15, 0.2) is 11.5 Å². The highest BCUT2D eigenvalue weighted by atomic mass is 32.2. The highest BCUT2D eigenvalue weighted by Crippen LogP contribution is 2.33. The highest BCUT2D eigenvalue weighted by molar-refractivity contribution is 8.00. The molecule has 3 heterocycles. The van der Waals surface area contributed by atoms with Gasteiger partial charge in [0.05, 0.1) is 6.33 Å². The molecule has 3 rings (SSSR count). The Morgan fingerprint density at radius 2 is 2.21 bits per heavy atom. The quantitative estimate of drug-likeness (QED) is 0.825. The first-order chi connectivity index (χ1) is 9.05. The van der Waals surface area contributed by atoms with Gasteiger partial charge in [-0.2, -0.15) is 21.7 Å². The normalized spacial score (nSPS) is 19.6. The summed E-state index contributed by atoms with van der Waals surface area (Å²) in [7, 11) is 0. The van der Waals surface area contributed by atoms with Crippen LogP contribution in [0.4, 0.5) is 11.8 Å². The van der Waals surface area contributed by atoms with Crippen molar-refractivity contribution in [3.05, 3.63) is 6.33 Å². The van der Waals surface area contributed by atoms with E-state index in [-0.39, 0.29) is 5.95 Å². The maximum absolute atomic E-state index is 5.77. The number of rotatable bonds is 1. The van der Waals surface area contributed by atoms with E-state index in [1.165, 1.54) is 0 Å². The number of nitrogens with two attached hydrogens (primary N) is 1. The van der Waals surface area contributed by atoms with E-state index < -0.39 is 0 Å². The molecule has 102 valence electrons. The Morgan fingerprint density at radius 3 is 3.05 bits per heavy atom. The van der Waals surface area contributed by atoms with Gasteiger partial charge in [0.25, 0.3) is 0 Å². The molecule has 0 spiro atoms. The van der Waals surface area contributed by atoms with Crippen molar-refractivity contribution >= 4 is 34.7 Å². The van der Waals surface area contributed by atoms with Crippen molar-refractivity contribution in [2.24, 2.45) is 0 Å². The van der Waals surface area contributed by atoms with E-state index in [1.807, 2.05) is 11.8 Å². The zero-order chi connectivity index (χ0) is 13.5. The van der Waals surface area contributed by atoms with Gasteiger partial charge in [-0.3, -0.25) is 0 Å². The molecule has 3 N–H and O–H groups in total. The van der Waals surface area contributed by atoms with E-state index in [4.69, 9.17) is 5.73 Å². The molecule has 1 fully saturated rings. The van der Waals surface area contributed by atoms with Crippen LogP contribution in [0.1, 0.15) is 20.3 Å². The summed E-state index contributed by atoms with van der Waals surface area (Å²) in [6.45, 7) is 6.53. The molecule has 1 aliphatic heterocycles. The van der Waals surface area contributed by atoms with Crippen molar-refractivity contribution in [1.29, 1.82) is 0 Å². The van der Waals surface area contributed by atoms with E-state index >= 15 is 0 Å². The number of hydrogen-bond donors (Lipinski definition) is 2. The van der Waals surface area contributed by atoms with E-state index in [2.05, 4.69) is 38.7 Å². The molecule has 0 bridgehead atoms. The second-order valence-electron chi connectivity index (χ2n) is 5.35. The Balaban J connectivity index is 1.97. The molecular formula is C12H18N6S. The minimum atomic E-state index is 0.283. The van der Waals surface area contributed by atoms with Gasteiger partial charge >= 0.3 is 0 Å². The molecule has 1 saturated heterocycles. The first-order valence-corrected chi connectivity index (χ1v) is 7.39. The van der Waals surface area contributed by atoms with Gasteiger partial charge in [0, 0.05) is 23.6 Å². The zero-order valence-electron chi connectivity index (χ0n) is 11.2. The zero-order valence-corrected chi connectivity index (χ0v) is 12.0. The summed E-state index contributed by atoms with van der Waals surface area (Å²) in [5, 5.41) is 0. The fourth-order valence-corrected chi connectivity index (χ4v) is 3.40. The number of aromatic nitrogens is 4. The number of H-pyrrole nitrogens is 1. The summed E-state index contributed by atoms with van der Waals surface area (Å²) >= 11 is 2.01. The van der Waals surface area contributed by atoms with Crippen molar-refractivity contribution in [3.63, 3.8) is 0 Å². The largest absolute Gasteiger partial charge is 0.368 e. The average molecular weight is 278 g/mol. The van der Waals surface area contributed by atoms with Crippen LogP contribution in [0.3, 0.4) is 0 Å². The number of imidazole rings is 1.